The Morgan fingerprint density at radius 1 is 1.23 bits per heavy atom. The summed E-state index contributed by atoms with van der Waals surface area (Å²) in [5.41, 5.74) is 12.1. The van der Waals surface area contributed by atoms with E-state index in [1.54, 1.807) is 12.1 Å². The third-order valence-electron chi connectivity index (χ3n) is 2.10. The molecule has 1 aromatic carbocycles. The van der Waals surface area contributed by atoms with Crippen molar-refractivity contribution in [1.82, 2.24) is 0 Å². The van der Waals surface area contributed by atoms with E-state index in [1.807, 2.05) is 12.1 Å². The zero-order valence-electron chi connectivity index (χ0n) is 7.61. The molecule has 0 radical (unpaired) electrons. The van der Waals surface area contributed by atoms with Gasteiger partial charge in [-0.05, 0) is 43.1 Å². The van der Waals surface area contributed by atoms with Gasteiger partial charge in [-0.15, -0.1) is 0 Å². The van der Waals surface area contributed by atoms with Crippen LogP contribution in [0.25, 0.3) is 0 Å². The van der Waals surface area contributed by atoms with Gasteiger partial charge in [0.15, 0.2) is 0 Å². The van der Waals surface area contributed by atoms with Crippen LogP contribution in [-0.4, -0.2) is 18.2 Å². The molecule has 0 aliphatic heterocycles. The Hall–Kier alpha value is -1.06. The Kier molecular flexibility index (Phi) is 3.73. The smallest absolute Gasteiger partial charge is 0.115 e. The molecular formula is C10H16N2O. The summed E-state index contributed by atoms with van der Waals surface area (Å²) in [7, 11) is 0. The molecule has 0 saturated heterocycles. The van der Waals surface area contributed by atoms with Gasteiger partial charge in [0.05, 0.1) is 0 Å². The quantitative estimate of drug-likeness (QED) is 0.630. The van der Waals surface area contributed by atoms with Crippen molar-refractivity contribution in [2.45, 2.75) is 6.42 Å². The van der Waals surface area contributed by atoms with Gasteiger partial charge >= 0.3 is 0 Å². The van der Waals surface area contributed by atoms with Crippen LogP contribution in [0, 0.1) is 5.92 Å². The summed E-state index contributed by atoms with van der Waals surface area (Å²) in [6, 6.07) is 7.20. The summed E-state index contributed by atoms with van der Waals surface area (Å²) in [5, 5.41) is 9.21. The van der Waals surface area contributed by atoms with Gasteiger partial charge in [0.2, 0.25) is 0 Å². The molecule has 1 aromatic rings. The van der Waals surface area contributed by atoms with Gasteiger partial charge in [0.25, 0.3) is 0 Å². The second-order valence-electron chi connectivity index (χ2n) is 3.21. The van der Waals surface area contributed by atoms with E-state index in [9.17, 15) is 5.11 Å². The van der Waals surface area contributed by atoms with Crippen molar-refractivity contribution in [3.63, 3.8) is 0 Å². The normalized spacial score (nSPS) is 10.7. The van der Waals surface area contributed by atoms with E-state index in [0.717, 1.165) is 12.0 Å². The van der Waals surface area contributed by atoms with Crippen LogP contribution >= 0.6 is 0 Å². The third-order valence-corrected chi connectivity index (χ3v) is 2.10. The maximum absolute atomic E-state index is 9.21. The fourth-order valence-electron chi connectivity index (χ4n) is 1.28. The van der Waals surface area contributed by atoms with Gasteiger partial charge in [-0.3, -0.25) is 0 Å². The molecular weight excluding hydrogens is 164 g/mol. The lowest BCUT2D eigenvalue weighted by Gasteiger charge is -2.11. The van der Waals surface area contributed by atoms with E-state index in [1.165, 1.54) is 0 Å². The largest absolute Gasteiger partial charge is 0.508 e. The molecule has 3 nitrogen and oxygen atoms in total. The molecule has 0 aromatic heterocycles. The highest BCUT2D eigenvalue weighted by molar-refractivity contribution is 5.27. The maximum atomic E-state index is 9.21. The summed E-state index contributed by atoms with van der Waals surface area (Å²) in [4.78, 5) is 0. The summed E-state index contributed by atoms with van der Waals surface area (Å²) in [6.07, 6.45) is 0.835. The number of aromatic hydroxyl groups is 1. The second-order valence-corrected chi connectivity index (χ2v) is 3.21. The number of phenols is 1. The highest BCUT2D eigenvalue weighted by Crippen LogP contribution is 2.13. The fourth-order valence-corrected chi connectivity index (χ4v) is 1.28. The first-order valence-electron chi connectivity index (χ1n) is 4.44. The lowest BCUT2D eigenvalue weighted by atomic mass is 9.99. The Balaban J connectivity index is 2.62. The minimum Gasteiger partial charge on any atom is -0.508 e. The first kappa shape index (κ1) is 10.0. The first-order valence-corrected chi connectivity index (χ1v) is 4.44. The van der Waals surface area contributed by atoms with Crippen LogP contribution in [0.15, 0.2) is 24.3 Å². The number of hydrogen-bond donors (Lipinski definition) is 3. The number of benzene rings is 1. The average Bonchev–Trinajstić information content (AvgIpc) is 2.14. The molecule has 0 heterocycles. The van der Waals surface area contributed by atoms with Gasteiger partial charge in [-0.2, -0.15) is 0 Å². The summed E-state index contributed by atoms with van der Waals surface area (Å²) >= 11 is 0. The van der Waals surface area contributed by atoms with Crippen LogP contribution in [0.4, 0.5) is 0 Å². The van der Waals surface area contributed by atoms with Crippen molar-refractivity contribution in [3.8, 4) is 5.75 Å². The molecule has 3 heteroatoms. The van der Waals surface area contributed by atoms with Crippen LogP contribution in [0.2, 0.25) is 0 Å². The monoisotopic (exact) mass is 180 g/mol. The van der Waals surface area contributed by atoms with Gasteiger partial charge in [0.1, 0.15) is 5.75 Å². The van der Waals surface area contributed by atoms with E-state index in [0.29, 0.717) is 24.8 Å². The second kappa shape index (κ2) is 4.84. The lowest BCUT2D eigenvalue weighted by molar-refractivity contribution is 0.473. The third kappa shape index (κ3) is 3.05. The van der Waals surface area contributed by atoms with Gasteiger partial charge < -0.3 is 16.6 Å². The SMILES string of the molecule is NCC(CN)Cc1cccc(O)c1. The van der Waals surface area contributed by atoms with E-state index >= 15 is 0 Å². The Morgan fingerprint density at radius 3 is 2.46 bits per heavy atom. The van der Waals surface area contributed by atoms with Crippen LogP contribution in [0.1, 0.15) is 5.56 Å². The lowest BCUT2D eigenvalue weighted by Crippen LogP contribution is -2.25. The van der Waals surface area contributed by atoms with Crippen LogP contribution < -0.4 is 11.5 Å². The van der Waals surface area contributed by atoms with Gasteiger partial charge in [-0.25, -0.2) is 0 Å². The average molecular weight is 180 g/mol. The van der Waals surface area contributed by atoms with Gasteiger partial charge in [-0.1, -0.05) is 12.1 Å². The Morgan fingerprint density at radius 2 is 1.92 bits per heavy atom. The van der Waals surface area contributed by atoms with Gasteiger partial charge in [0, 0.05) is 0 Å². The van der Waals surface area contributed by atoms with Crippen molar-refractivity contribution in [2.75, 3.05) is 13.1 Å². The van der Waals surface area contributed by atoms with Crippen molar-refractivity contribution in [1.29, 1.82) is 0 Å². The van der Waals surface area contributed by atoms with E-state index in [4.69, 9.17) is 11.5 Å². The predicted octanol–water partition coefficient (Wildman–Crippen LogP) is 0.468. The van der Waals surface area contributed by atoms with Crippen LogP contribution in [0.3, 0.4) is 0 Å². The van der Waals surface area contributed by atoms with E-state index in [2.05, 4.69) is 0 Å². The molecule has 0 aliphatic carbocycles. The van der Waals surface area contributed by atoms with Crippen LogP contribution in [0.5, 0.6) is 5.75 Å². The zero-order valence-corrected chi connectivity index (χ0v) is 7.61. The Labute approximate surface area is 78.4 Å². The highest BCUT2D eigenvalue weighted by Gasteiger charge is 2.05. The predicted molar refractivity (Wildman–Crippen MR) is 53.4 cm³/mol. The number of hydrogen-bond acceptors (Lipinski definition) is 3. The molecule has 13 heavy (non-hydrogen) atoms. The Bertz CT molecular complexity index is 259. The maximum Gasteiger partial charge on any atom is 0.115 e. The van der Waals surface area contributed by atoms with E-state index in [-0.39, 0.29) is 0 Å². The molecule has 0 atom stereocenters. The summed E-state index contributed by atoms with van der Waals surface area (Å²) in [6.45, 7) is 1.18. The summed E-state index contributed by atoms with van der Waals surface area (Å²) in [5.74, 6) is 0.604. The molecule has 0 bridgehead atoms. The van der Waals surface area contributed by atoms with E-state index < -0.39 is 0 Å². The molecule has 0 unspecified atom stereocenters. The molecule has 5 N–H and O–H groups in total. The molecule has 1 rings (SSSR count). The minimum absolute atomic E-state index is 0.297. The molecule has 0 saturated carbocycles. The molecule has 0 spiro atoms. The van der Waals surface area contributed by atoms with Crippen molar-refractivity contribution in [3.05, 3.63) is 29.8 Å². The molecule has 0 amide bonds. The molecule has 72 valence electrons. The number of nitrogens with two attached hydrogens (primary N) is 2. The fraction of sp³-hybridized carbons (Fsp3) is 0.400. The molecule has 0 aliphatic rings. The number of rotatable bonds is 4. The topological polar surface area (TPSA) is 72.3 Å². The number of phenolic OH excluding ortho intramolecular Hbond substituents is 1. The minimum atomic E-state index is 0.297. The standard InChI is InChI=1S/C10H16N2O/c11-6-9(7-12)4-8-2-1-3-10(13)5-8/h1-3,5,9,13H,4,6-7,11-12H2. The van der Waals surface area contributed by atoms with Crippen molar-refractivity contribution < 1.29 is 5.11 Å². The van der Waals surface area contributed by atoms with Crippen molar-refractivity contribution in [2.24, 2.45) is 17.4 Å². The van der Waals surface area contributed by atoms with Crippen LogP contribution in [-0.2, 0) is 6.42 Å². The molecule has 0 fully saturated rings. The highest BCUT2D eigenvalue weighted by atomic mass is 16.3. The summed E-state index contributed by atoms with van der Waals surface area (Å²) < 4.78 is 0. The first-order chi connectivity index (χ1) is 6.26. The zero-order chi connectivity index (χ0) is 9.68. The van der Waals surface area contributed by atoms with Crippen molar-refractivity contribution >= 4 is 0 Å².